The molecule has 2 aliphatic rings. The van der Waals surface area contributed by atoms with Crippen molar-refractivity contribution in [1.82, 2.24) is 10.3 Å². The summed E-state index contributed by atoms with van der Waals surface area (Å²) in [5, 5.41) is 15.2. The van der Waals surface area contributed by atoms with Crippen molar-refractivity contribution in [1.29, 1.82) is 0 Å². The predicted octanol–water partition coefficient (Wildman–Crippen LogP) is 0.428. The molecule has 90 valence electrons. The Hall–Kier alpha value is -1.09. The minimum atomic E-state index is -0.105. The van der Waals surface area contributed by atoms with Crippen LogP contribution in [0.5, 0.6) is 0 Å². The van der Waals surface area contributed by atoms with Crippen LogP contribution in [0.15, 0.2) is 5.38 Å². The third kappa shape index (κ3) is 2.04. The Kier molecular flexibility index (Phi) is 3.02. The second-order valence-electron chi connectivity index (χ2n) is 4.43. The highest BCUT2D eigenvalue weighted by molar-refractivity contribution is 7.13. The van der Waals surface area contributed by atoms with Crippen LogP contribution >= 0.6 is 11.3 Å². The average Bonchev–Trinajstić information content (AvgIpc) is 2.89. The zero-order valence-electron chi connectivity index (χ0n) is 9.52. The van der Waals surface area contributed by atoms with Gasteiger partial charge < -0.3 is 15.3 Å². The van der Waals surface area contributed by atoms with Crippen LogP contribution in [-0.2, 0) is 0 Å². The van der Waals surface area contributed by atoms with E-state index in [1.807, 2.05) is 5.38 Å². The lowest BCUT2D eigenvalue weighted by Gasteiger charge is -2.34. The molecule has 0 amide bonds. The lowest BCUT2D eigenvalue weighted by molar-refractivity contribution is 0.350. The largest absolute Gasteiger partial charge is 0.384 e. The minimum absolute atomic E-state index is 0.105. The van der Waals surface area contributed by atoms with Crippen LogP contribution in [-0.4, -0.2) is 41.9 Å². The van der Waals surface area contributed by atoms with Gasteiger partial charge in [0, 0.05) is 30.6 Å². The van der Waals surface area contributed by atoms with Crippen molar-refractivity contribution in [2.45, 2.75) is 24.9 Å². The molecule has 2 saturated heterocycles. The number of fused-ring (bicyclic) bond motifs is 2. The van der Waals surface area contributed by atoms with Crippen LogP contribution in [0.25, 0.3) is 0 Å². The predicted molar refractivity (Wildman–Crippen MR) is 68.2 cm³/mol. The lowest BCUT2D eigenvalue weighted by atomic mass is 10.2. The second-order valence-corrected chi connectivity index (χ2v) is 5.26. The Morgan fingerprint density at radius 3 is 2.94 bits per heavy atom. The van der Waals surface area contributed by atoms with E-state index in [1.165, 1.54) is 12.8 Å². The number of thiazole rings is 1. The Morgan fingerprint density at radius 2 is 2.24 bits per heavy atom. The molecule has 17 heavy (non-hydrogen) atoms. The summed E-state index contributed by atoms with van der Waals surface area (Å²) >= 11 is 1.66. The van der Waals surface area contributed by atoms with Gasteiger partial charge in [-0.1, -0.05) is 5.92 Å². The average molecular weight is 249 g/mol. The van der Waals surface area contributed by atoms with Crippen molar-refractivity contribution in [3.63, 3.8) is 0 Å². The first kappa shape index (κ1) is 11.0. The molecular weight excluding hydrogens is 234 g/mol. The number of hydrogen-bond donors (Lipinski definition) is 2. The van der Waals surface area contributed by atoms with Crippen LogP contribution in [0.1, 0.15) is 18.5 Å². The molecule has 2 bridgehead atoms. The number of nitrogens with zero attached hydrogens (tertiary/aromatic N) is 2. The zero-order valence-corrected chi connectivity index (χ0v) is 10.3. The number of piperazine rings is 1. The molecule has 0 aliphatic carbocycles. The fourth-order valence-corrected chi connectivity index (χ4v) is 3.56. The third-order valence-electron chi connectivity index (χ3n) is 3.39. The van der Waals surface area contributed by atoms with Crippen molar-refractivity contribution in [2.24, 2.45) is 0 Å². The minimum Gasteiger partial charge on any atom is -0.384 e. The van der Waals surface area contributed by atoms with Crippen LogP contribution in [0.2, 0.25) is 0 Å². The smallest absolute Gasteiger partial charge is 0.187 e. The lowest BCUT2D eigenvalue weighted by Crippen LogP contribution is -2.51. The third-order valence-corrected chi connectivity index (χ3v) is 4.24. The topological polar surface area (TPSA) is 48.4 Å². The molecule has 5 heteroatoms. The van der Waals surface area contributed by atoms with Gasteiger partial charge in [0.1, 0.15) is 12.3 Å². The van der Waals surface area contributed by atoms with Gasteiger partial charge in [-0.05, 0) is 18.8 Å². The van der Waals surface area contributed by atoms with E-state index in [1.54, 1.807) is 11.3 Å². The van der Waals surface area contributed by atoms with E-state index >= 15 is 0 Å². The van der Waals surface area contributed by atoms with Crippen LogP contribution < -0.4 is 10.2 Å². The van der Waals surface area contributed by atoms with E-state index in [0.29, 0.717) is 12.1 Å². The van der Waals surface area contributed by atoms with Crippen molar-refractivity contribution in [3.05, 3.63) is 11.1 Å². The highest BCUT2D eigenvalue weighted by Crippen LogP contribution is 2.34. The van der Waals surface area contributed by atoms with E-state index in [-0.39, 0.29) is 6.61 Å². The van der Waals surface area contributed by atoms with Crippen LogP contribution in [0.3, 0.4) is 0 Å². The SMILES string of the molecule is OCC#Cc1csc(N2C3CCC2CNC3)n1. The fraction of sp³-hybridized carbons (Fsp3) is 0.583. The number of anilines is 1. The molecule has 0 spiro atoms. The summed E-state index contributed by atoms with van der Waals surface area (Å²) in [6, 6.07) is 1.19. The fourth-order valence-electron chi connectivity index (χ4n) is 2.66. The summed E-state index contributed by atoms with van der Waals surface area (Å²) in [4.78, 5) is 6.99. The van der Waals surface area contributed by atoms with Crippen molar-refractivity contribution in [3.8, 4) is 11.8 Å². The zero-order chi connectivity index (χ0) is 11.7. The highest BCUT2D eigenvalue weighted by atomic mass is 32.1. The molecule has 2 fully saturated rings. The Morgan fingerprint density at radius 1 is 1.47 bits per heavy atom. The molecule has 4 nitrogen and oxygen atoms in total. The highest BCUT2D eigenvalue weighted by Gasteiger charge is 2.37. The maximum atomic E-state index is 8.66. The first-order valence-electron chi connectivity index (χ1n) is 5.93. The second kappa shape index (κ2) is 4.65. The maximum absolute atomic E-state index is 8.66. The summed E-state index contributed by atoms with van der Waals surface area (Å²) in [6.07, 6.45) is 2.52. The first-order chi connectivity index (χ1) is 8.38. The number of aliphatic hydroxyl groups is 1. The molecule has 3 rings (SSSR count). The molecule has 1 aromatic rings. The van der Waals surface area contributed by atoms with Crippen molar-refractivity contribution in [2.75, 3.05) is 24.6 Å². The molecular formula is C12H15N3OS. The van der Waals surface area contributed by atoms with Gasteiger partial charge >= 0.3 is 0 Å². The quantitative estimate of drug-likeness (QED) is 0.709. The van der Waals surface area contributed by atoms with Gasteiger partial charge in [-0.25, -0.2) is 4.98 Å². The van der Waals surface area contributed by atoms with E-state index in [2.05, 4.69) is 27.0 Å². The first-order valence-corrected chi connectivity index (χ1v) is 6.81. The summed E-state index contributed by atoms with van der Waals surface area (Å²) in [5.41, 5.74) is 0.775. The number of aliphatic hydroxyl groups excluding tert-OH is 1. The molecule has 2 unspecified atom stereocenters. The van der Waals surface area contributed by atoms with Crippen LogP contribution in [0, 0.1) is 11.8 Å². The van der Waals surface area contributed by atoms with Crippen molar-refractivity contribution < 1.29 is 5.11 Å². The van der Waals surface area contributed by atoms with Gasteiger partial charge in [-0.3, -0.25) is 0 Å². The van der Waals surface area contributed by atoms with Gasteiger partial charge in [0.2, 0.25) is 0 Å². The molecule has 1 aromatic heterocycles. The molecule has 0 radical (unpaired) electrons. The summed E-state index contributed by atoms with van der Waals surface area (Å²) in [5.74, 6) is 5.50. The molecule has 0 aromatic carbocycles. The van der Waals surface area contributed by atoms with Crippen LogP contribution in [0.4, 0.5) is 5.13 Å². The number of aromatic nitrogens is 1. The molecule has 2 N–H and O–H groups in total. The van der Waals surface area contributed by atoms with Crippen molar-refractivity contribution >= 4 is 16.5 Å². The van der Waals surface area contributed by atoms with Gasteiger partial charge in [0.05, 0.1) is 0 Å². The van der Waals surface area contributed by atoms with E-state index < -0.39 is 0 Å². The summed E-state index contributed by atoms with van der Waals surface area (Å²) < 4.78 is 0. The molecule has 2 atom stereocenters. The summed E-state index contributed by atoms with van der Waals surface area (Å²) in [6.45, 7) is 2.02. The van der Waals surface area contributed by atoms with E-state index in [4.69, 9.17) is 5.11 Å². The Balaban J connectivity index is 1.82. The molecule has 0 saturated carbocycles. The molecule has 2 aliphatic heterocycles. The van der Waals surface area contributed by atoms with Gasteiger partial charge in [0.25, 0.3) is 0 Å². The maximum Gasteiger partial charge on any atom is 0.187 e. The number of nitrogens with one attached hydrogen (secondary N) is 1. The monoisotopic (exact) mass is 249 g/mol. The van der Waals surface area contributed by atoms with E-state index in [0.717, 1.165) is 23.9 Å². The Labute approximate surface area is 105 Å². The standard InChI is InChI=1S/C12H15N3OS/c16-5-1-2-9-8-17-12(14-9)15-10-3-4-11(15)7-13-6-10/h8,10-11,13,16H,3-7H2. The molecule has 3 heterocycles. The van der Waals surface area contributed by atoms with Gasteiger partial charge in [-0.2, -0.15) is 0 Å². The summed E-state index contributed by atoms with van der Waals surface area (Å²) in [7, 11) is 0. The van der Waals surface area contributed by atoms with E-state index in [9.17, 15) is 0 Å². The van der Waals surface area contributed by atoms with Gasteiger partial charge in [-0.15, -0.1) is 11.3 Å². The van der Waals surface area contributed by atoms with Gasteiger partial charge in [0.15, 0.2) is 5.13 Å². The number of rotatable bonds is 1. The number of hydrogen-bond acceptors (Lipinski definition) is 5. The Bertz CT molecular complexity index is 446. The normalized spacial score (nSPS) is 26.8.